The molecule has 1 aromatic carbocycles. The Labute approximate surface area is 131 Å². The Morgan fingerprint density at radius 1 is 1.20 bits per heavy atom. The molecule has 3 unspecified atom stereocenters. The van der Waals surface area contributed by atoms with Crippen molar-refractivity contribution in [1.29, 1.82) is 0 Å². The van der Waals surface area contributed by atoms with Crippen molar-refractivity contribution in [1.82, 2.24) is 10.2 Å². The van der Waals surface area contributed by atoms with Gasteiger partial charge in [0.05, 0.1) is 0 Å². The summed E-state index contributed by atoms with van der Waals surface area (Å²) in [6, 6.07) is 10.1. The third kappa shape index (κ3) is 3.26. The fourth-order valence-corrected chi connectivity index (χ4v) is 4.05. The van der Waals surface area contributed by atoms with Crippen LogP contribution in [0.1, 0.15) is 44.2 Å². The number of likely N-dealkylation sites (tertiary alicyclic amines) is 1. The van der Waals surface area contributed by atoms with Crippen molar-refractivity contribution >= 4 is 15.9 Å². The van der Waals surface area contributed by atoms with Crippen molar-refractivity contribution < 1.29 is 0 Å². The quantitative estimate of drug-likeness (QED) is 0.898. The minimum atomic E-state index is 0.535. The SMILES string of the molecule is CC(c1ccc(Br)cc1)N1CCCC(C2CCCN2)C1. The van der Waals surface area contributed by atoms with Crippen LogP contribution >= 0.6 is 15.9 Å². The van der Waals surface area contributed by atoms with E-state index < -0.39 is 0 Å². The van der Waals surface area contributed by atoms with Gasteiger partial charge in [0.2, 0.25) is 0 Å². The van der Waals surface area contributed by atoms with E-state index in [0.29, 0.717) is 6.04 Å². The molecule has 1 N–H and O–H groups in total. The Hall–Kier alpha value is -0.380. The lowest BCUT2D eigenvalue weighted by atomic mass is 9.88. The van der Waals surface area contributed by atoms with Crippen LogP contribution in [0.2, 0.25) is 0 Å². The van der Waals surface area contributed by atoms with Crippen molar-refractivity contribution in [3.63, 3.8) is 0 Å². The summed E-state index contributed by atoms with van der Waals surface area (Å²) in [4.78, 5) is 2.68. The van der Waals surface area contributed by atoms with E-state index in [-0.39, 0.29) is 0 Å². The zero-order valence-corrected chi connectivity index (χ0v) is 13.9. The second kappa shape index (κ2) is 6.59. The maximum Gasteiger partial charge on any atom is 0.0320 e. The molecule has 110 valence electrons. The Morgan fingerprint density at radius 3 is 2.70 bits per heavy atom. The van der Waals surface area contributed by atoms with Crippen molar-refractivity contribution in [3.8, 4) is 0 Å². The van der Waals surface area contributed by atoms with Gasteiger partial charge in [-0.15, -0.1) is 0 Å². The van der Waals surface area contributed by atoms with E-state index in [1.807, 2.05) is 0 Å². The molecule has 3 heteroatoms. The summed E-state index contributed by atoms with van der Waals surface area (Å²) in [5.74, 6) is 0.851. The van der Waals surface area contributed by atoms with Gasteiger partial charge in [-0.1, -0.05) is 28.1 Å². The molecule has 0 aromatic heterocycles. The van der Waals surface area contributed by atoms with E-state index in [2.05, 4.69) is 57.3 Å². The van der Waals surface area contributed by atoms with Crippen LogP contribution in [-0.4, -0.2) is 30.6 Å². The highest BCUT2D eigenvalue weighted by molar-refractivity contribution is 9.10. The predicted octanol–water partition coefficient (Wildman–Crippen LogP) is 3.97. The third-order valence-electron chi connectivity index (χ3n) is 5.06. The normalized spacial score (nSPS) is 29.5. The molecule has 0 radical (unpaired) electrons. The Kier molecular flexibility index (Phi) is 4.79. The topological polar surface area (TPSA) is 15.3 Å². The standard InChI is InChI=1S/C17H25BrN2/c1-13(14-6-8-16(18)9-7-14)20-11-3-4-15(12-20)17-5-2-10-19-17/h6-9,13,15,17,19H,2-5,10-12H2,1H3. The van der Waals surface area contributed by atoms with Gasteiger partial charge in [0.25, 0.3) is 0 Å². The Balaban J connectivity index is 1.65. The first kappa shape index (κ1) is 14.6. The number of rotatable bonds is 3. The van der Waals surface area contributed by atoms with Gasteiger partial charge in [-0.05, 0) is 69.3 Å². The summed E-state index contributed by atoms with van der Waals surface area (Å²) in [7, 11) is 0. The molecule has 1 aromatic rings. The fraction of sp³-hybridized carbons (Fsp3) is 0.647. The molecule has 2 aliphatic heterocycles. The number of nitrogens with zero attached hydrogens (tertiary/aromatic N) is 1. The molecule has 2 heterocycles. The van der Waals surface area contributed by atoms with Crippen LogP contribution in [0.15, 0.2) is 28.7 Å². The van der Waals surface area contributed by atoms with Crippen LogP contribution < -0.4 is 5.32 Å². The van der Waals surface area contributed by atoms with Gasteiger partial charge < -0.3 is 5.32 Å². The average molecular weight is 337 g/mol. The van der Waals surface area contributed by atoms with Crippen LogP contribution in [0, 0.1) is 5.92 Å². The lowest BCUT2D eigenvalue weighted by Crippen LogP contribution is -2.44. The van der Waals surface area contributed by atoms with Crippen LogP contribution in [0.3, 0.4) is 0 Å². The van der Waals surface area contributed by atoms with E-state index >= 15 is 0 Å². The summed E-state index contributed by atoms with van der Waals surface area (Å²) in [5.41, 5.74) is 1.44. The molecule has 0 saturated carbocycles. The molecule has 0 amide bonds. The molecule has 3 atom stereocenters. The van der Waals surface area contributed by atoms with Crippen molar-refractivity contribution in [2.75, 3.05) is 19.6 Å². The van der Waals surface area contributed by atoms with Gasteiger partial charge in [0, 0.05) is 23.1 Å². The van der Waals surface area contributed by atoms with Crippen LogP contribution in [0.25, 0.3) is 0 Å². The summed E-state index contributed by atoms with van der Waals surface area (Å²) in [6.45, 7) is 6.09. The molecule has 20 heavy (non-hydrogen) atoms. The first-order valence-electron chi connectivity index (χ1n) is 7.97. The summed E-state index contributed by atoms with van der Waals surface area (Å²) in [6.07, 6.45) is 5.50. The second-order valence-electron chi connectivity index (χ2n) is 6.33. The predicted molar refractivity (Wildman–Crippen MR) is 87.9 cm³/mol. The highest BCUT2D eigenvalue weighted by atomic mass is 79.9. The number of benzene rings is 1. The largest absolute Gasteiger partial charge is 0.314 e. The van der Waals surface area contributed by atoms with Gasteiger partial charge in [-0.3, -0.25) is 4.90 Å². The minimum absolute atomic E-state index is 0.535. The number of halogens is 1. The lowest BCUT2D eigenvalue weighted by Gasteiger charge is -2.39. The van der Waals surface area contributed by atoms with Crippen LogP contribution in [0.5, 0.6) is 0 Å². The maximum absolute atomic E-state index is 3.70. The molecular formula is C17H25BrN2. The average Bonchev–Trinajstić information content (AvgIpc) is 3.02. The first-order valence-corrected chi connectivity index (χ1v) is 8.76. The number of piperidine rings is 1. The van der Waals surface area contributed by atoms with Gasteiger partial charge in [-0.25, -0.2) is 0 Å². The summed E-state index contributed by atoms with van der Waals surface area (Å²) >= 11 is 3.52. The van der Waals surface area contributed by atoms with Gasteiger partial charge in [-0.2, -0.15) is 0 Å². The van der Waals surface area contributed by atoms with Crippen molar-refractivity contribution in [2.45, 2.75) is 44.7 Å². The van der Waals surface area contributed by atoms with Crippen LogP contribution in [0.4, 0.5) is 0 Å². The Morgan fingerprint density at radius 2 is 2.00 bits per heavy atom. The zero-order valence-electron chi connectivity index (χ0n) is 12.3. The molecule has 0 bridgehead atoms. The molecule has 0 spiro atoms. The van der Waals surface area contributed by atoms with Gasteiger partial charge in [0.15, 0.2) is 0 Å². The molecule has 2 fully saturated rings. The molecule has 3 rings (SSSR count). The maximum atomic E-state index is 3.70. The smallest absolute Gasteiger partial charge is 0.0320 e. The van der Waals surface area contributed by atoms with Gasteiger partial charge in [0.1, 0.15) is 0 Å². The van der Waals surface area contributed by atoms with Crippen molar-refractivity contribution in [3.05, 3.63) is 34.3 Å². The van der Waals surface area contributed by atoms with E-state index in [9.17, 15) is 0 Å². The Bertz CT molecular complexity index is 425. The summed E-state index contributed by atoms with van der Waals surface area (Å²) < 4.78 is 1.17. The van der Waals surface area contributed by atoms with E-state index in [0.717, 1.165) is 12.0 Å². The highest BCUT2D eigenvalue weighted by Crippen LogP contribution is 2.30. The van der Waals surface area contributed by atoms with Crippen molar-refractivity contribution in [2.24, 2.45) is 5.92 Å². The molecule has 2 saturated heterocycles. The minimum Gasteiger partial charge on any atom is -0.314 e. The highest BCUT2D eigenvalue weighted by Gasteiger charge is 2.30. The molecule has 2 aliphatic rings. The van der Waals surface area contributed by atoms with Crippen LogP contribution in [-0.2, 0) is 0 Å². The fourth-order valence-electron chi connectivity index (χ4n) is 3.79. The molecule has 2 nitrogen and oxygen atoms in total. The van der Waals surface area contributed by atoms with E-state index in [1.165, 1.54) is 55.4 Å². The lowest BCUT2D eigenvalue weighted by molar-refractivity contribution is 0.115. The van der Waals surface area contributed by atoms with Gasteiger partial charge >= 0.3 is 0 Å². The monoisotopic (exact) mass is 336 g/mol. The second-order valence-corrected chi connectivity index (χ2v) is 7.24. The number of hydrogen-bond donors (Lipinski definition) is 1. The molecular weight excluding hydrogens is 312 g/mol. The van der Waals surface area contributed by atoms with E-state index in [1.54, 1.807) is 0 Å². The zero-order chi connectivity index (χ0) is 13.9. The summed E-state index contributed by atoms with van der Waals surface area (Å²) in [5, 5.41) is 3.70. The first-order chi connectivity index (χ1) is 9.74. The number of hydrogen-bond acceptors (Lipinski definition) is 2. The third-order valence-corrected chi connectivity index (χ3v) is 5.59. The van der Waals surface area contributed by atoms with E-state index in [4.69, 9.17) is 0 Å². The molecule has 0 aliphatic carbocycles. The number of nitrogens with one attached hydrogen (secondary N) is 1.